The Labute approximate surface area is 70.1 Å². The predicted octanol–water partition coefficient (Wildman–Crippen LogP) is -1.18. The van der Waals surface area contributed by atoms with Gasteiger partial charge in [-0.15, -0.1) is 0 Å². The maximum atomic E-state index is 11.2. The van der Waals surface area contributed by atoms with Gasteiger partial charge < -0.3 is 15.3 Å². The van der Waals surface area contributed by atoms with Crippen molar-refractivity contribution in [3.05, 3.63) is 5.21 Å². The Hall–Kier alpha value is -0.880. The second-order valence-electron chi connectivity index (χ2n) is 3.06. The van der Waals surface area contributed by atoms with Crippen LogP contribution in [0.2, 0.25) is 0 Å². The molecule has 0 aromatic heterocycles. The lowest BCUT2D eigenvalue weighted by atomic mass is 10.00. The van der Waals surface area contributed by atoms with Gasteiger partial charge in [-0.05, 0) is 0 Å². The number of fused-ring (bicyclic) bond motifs is 1. The lowest BCUT2D eigenvalue weighted by molar-refractivity contribution is -0.566. The maximum absolute atomic E-state index is 11.2. The summed E-state index contributed by atoms with van der Waals surface area (Å²) >= 11 is 0. The molecule has 68 valence electrons. The standard InChI is InChI=1S/C6H12N4O2/c1-12-5-3-7-2-4-6(5)10(11)9-8-4/h4-8H,2-3H2,1H3. The number of nitrogens with one attached hydrogen (secondary N) is 2. The number of nitrogens with zero attached hydrogens (tertiary/aromatic N) is 2. The highest BCUT2D eigenvalue weighted by Gasteiger charge is 2.43. The molecule has 3 unspecified atom stereocenters. The summed E-state index contributed by atoms with van der Waals surface area (Å²) in [7, 11) is 1.61. The first-order valence-electron chi connectivity index (χ1n) is 3.99. The van der Waals surface area contributed by atoms with Crippen LogP contribution in [0, 0.1) is 5.21 Å². The smallest absolute Gasteiger partial charge is 0.191 e. The number of methoxy groups -OCH3 is 1. The minimum Gasteiger partial charge on any atom is -0.695 e. The Morgan fingerprint density at radius 3 is 3.17 bits per heavy atom. The van der Waals surface area contributed by atoms with E-state index < -0.39 is 0 Å². The molecule has 0 radical (unpaired) electrons. The summed E-state index contributed by atoms with van der Waals surface area (Å²) in [5.74, 6) is 0. The van der Waals surface area contributed by atoms with Crippen LogP contribution in [0.15, 0.2) is 5.22 Å². The quantitative estimate of drug-likeness (QED) is 0.386. The van der Waals surface area contributed by atoms with Gasteiger partial charge >= 0.3 is 0 Å². The van der Waals surface area contributed by atoms with E-state index in [1.807, 2.05) is 0 Å². The molecule has 6 nitrogen and oxygen atoms in total. The number of ether oxygens (including phenoxy) is 1. The summed E-state index contributed by atoms with van der Waals surface area (Å²) < 4.78 is 5.17. The third kappa shape index (κ3) is 1.03. The average Bonchev–Trinajstić information content (AvgIpc) is 2.48. The van der Waals surface area contributed by atoms with Crippen molar-refractivity contribution in [2.75, 3.05) is 20.2 Å². The minimum absolute atomic E-state index is 0.0694. The van der Waals surface area contributed by atoms with Gasteiger partial charge in [0.05, 0.1) is 5.22 Å². The van der Waals surface area contributed by atoms with E-state index in [2.05, 4.69) is 16.0 Å². The molecule has 1 saturated heterocycles. The Morgan fingerprint density at radius 1 is 1.58 bits per heavy atom. The van der Waals surface area contributed by atoms with Gasteiger partial charge in [-0.1, -0.05) is 0 Å². The number of piperidine rings is 1. The number of hydrogen-bond donors (Lipinski definition) is 2. The van der Waals surface area contributed by atoms with Crippen molar-refractivity contribution in [2.24, 2.45) is 5.22 Å². The first-order valence-corrected chi connectivity index (χ1v) is 3.99. The molecule has 2 N–H and O–H groups in total. The van der Waals surface area contributed by atoms with Gasteiger partial charge in [0.2, 0.25) is 0 Å². The largest absolute Gasteiger partial charge is 0.695 e. The molecule has 2 heterocycles. The monoisotopic (exact) mass is 172 g/mol. The van der Waals surface area contributed by atoms with E-state index in [-0.39, 0.29) is 18.2 Å². The molecule has 3 atom stereocenters. The molecule has 0 aromatic carbocycles. The molecule has 1 fully saturated rings. The van der Waals surface area contributed by atoms with Crippen LogP contribution in [-0.4, -0.2) is 43.2 Å². The van der Waals surface area contributed by atoms with Gasteiger partial charge in [0.1, 0.15) is 6.10 Å². The highest BCUT2D eigenvalue weighted by molar-refractivity contribution is 4.90. The average molecular weight is 172 g/mol. The maximum Gasteiger partial charge on any atom is 0.191 e. The number of hydrogen-bond acceptors (Lipinski definition) is 5. The van der Waals surface area contributed by atoms with Crippen molar-refractivity contribution in [3.8, 4) is 0 Å². The summed E-state index contributed by atoms with van der Waals surface area (Å²) in [5.41, 5.74) is 2.77. The Kier molecular flexibility index (Phi) is 1.86. The number of hydroxylamine groups is 1. The fourth-order valence-electron chi connectivity index (χ4n) is 1.72. The fraction of sp³-hybridized carbons (Fsp3) is 1.00. The van der Waals surface area contributed by atoms with Crippen molar-refractivity contribution >= 4 is 0 Å². The zero-order valence-electron chi connectivity index (χ0n) is 6.86. The van der Waals surface area contributed by atoms with Crippen molar-refractivity contribution in [3.63, 3.8) is 0 Å². The highest BCUT2D eigenvalue weighted by Crippen LogP contribution is 2.15. The normalized spacial score (nSPS) is 40.1. The molecular formula is C6H12N4O2. The summed E-state index contributed by atoms with van der Waals surface area (Å²) in [6.45, 7) is 1.49. The van der Waals surface area contributed by atoms with Crippen molar-refractivity contribution in [2.45, 2.75) is 18.2 Å². The van der Waals surface area contributed by atoms with Gasteiger partial charge in [0, 0.05) is 20.2 Å². The van der Waals surface area contributed by atoms with E-state index in [9.17, 15) is 5.21 Å². The molecule has 0 bridgehead atoms. The second kappa shape index (κ2) is 2.87. The van der Waals surface area contributed by atoms with E-state index in [0.29, 0.717) is 11.4 Å². The first-order chi connectivity index (χ1) is 5.83. The second-order valence-corrected chi connectivity index (χ2v) is 3.06. The summed E-state index contributed by atoms with van der Waals surface area (Å²) in [4.78, 5) is 0.708. The zero-order valence-corrected chi connectivity index (χ0v) is 6.86. The lowest BCUT2D eigenvalue weighted by Crippen LogP contribution is -2.58. The van der Waals surface area contributed by atoms with Crippen molar-refractivity contribution in [1.29, 1.82) is 0 Å². The van der Waals surface area contributed by atoms with Crippen molar-refractivity contribution < 1.29 is 9.60 Å². The summed E-state index contributed by atoms with van der Waals surface area (Å²) in [6, 6.07) is -0.0857. The van der Waals surface area contributed by atoms with Crippen LogP contribution in [-0.2, 0) is 4.74 Å². The van der Waals surface area contributed by atoms with E-state index in [0.717, 1.165) is 6.54 Å². The van der Waals surface area contributed by atoms with Crippen LogP contribution < -0.4 is 10.7 Å². The van der Waals surface area contributed by atoms with Crippen molar-refractivity contribution in [1.82, 2.24) is 10.7 Å². The molecule has 0 saturated carbocycles. The van der Waals surface area contributed by atoms with E-state index in [1.165, 1.54) is 0 Å². The van der Waals surface area contributed by atoms with E-state index >= 15 is 0 Å². The first kappa shape index (κ1) is 7.75. The van der Waals surface area contributed by atoms with E-state index in [4.69, 9.17) is 4.74 Å². The van der Waals surface area contributed by atoms with Crippen LogP contribution in [0.4, 0.5) is 0 Å². The molecule has 0 aromatic rings. The third-order valence-corrected chi connectivity index (χ3v) is 2.38. The minimum atomic E-state index is -0.170. The third-order valence-electron chi connectivity index (χ3n) is 2.38. The lowest BCUT2D eigenvalue weighted by Gasteiger charge is -2.29. The molecule has 0 amide bonds. The van der Waals surface area contributed by atoms with E-state index in [1.54, 1.807) is 7.11 Å². The fourth-order valence-corrected chi connectivity index (χ4v) is 1.72. The molecule has 12 heavy (non-hydrogen) atoms. The molecule has 0 aliphatic carbocycles. The molecule has 2 aliphatic rings. The van der Waals surface area contributed by atoms with Gasteiger partial charge in [0.15, 0.2) is 12.1 Å². The summed E-state index contributed by atoms with van der Waals surface area (Å²) in [6.07, 6.45) is -0.0694. The Balaban J connectivity index is 2.12. The van der Waals surface area contributed by atoms with Gasteiger partial charge in [0.25, 0.3) is 0 Å². The topological polar surface area (TPSA) is 71.7 Å². The molecule has 2 rings (SSSR count). The predicted molar refractivity (Wildman–Crippen MR) is 40.4 cm³/mol. The molecule has 0 spiro atoms. The van der Waals surface area contributed by atoms with Crippen LogP contribution in [0.1, 0.15) is 0 Å². The molecule has 2 aliphatic heterocycles. The Morgan fingerprint density at radius 2 is 2.42 bits per heavy atom. The van der Waals surface area contributed by atoms with Gasteiger partial charge in [-0.25, -0.2) is 0 Å². The SMILES string of the molecule is COC1CNCC2NN=[N+]([O-])C21. The van der Waals surface area contributed by atoms with Crippen LogP contribution in [0.5, 0.6) is 0 Å². The molecule has 6 heteroatoms. The molecular weight excluding hydrogens is 160 g/mol. The number of rotatable bonds is 1. The van der Waals surface area contributed by atoms with Gasteiger partial charge in [-0.2, -0.15) is 10.3 Å². The van der Waals surface area contributed by atoms with Crippen LogP contribution in [0.25, 0.3) is 0 Å². The highest BCUT2D eigenvalue weighted by atomic mass is 16.5. The Bertz CT molecular complexity index is 208. The van der Waals surface area contributed by atoms with Crippen LogP contribution >= 0.6 is 0 Å². The van der Waals surface area contributed by atoms with Crippen LogP contribution in [0.3, 0.4) is 0 Å². The zero-order chi connectivity index (χ0) is 8.55. The summed E-state index contributed by atoms with van der Waals surface area (Å²) in [5, 5.41) is 17.9. The van der Waals surface area contributed by atoms with Gasteiger partial charge in [-0.3, -0.25) is 0 Å².